The maximum Gasteiger partial charge on any atom is 0.303 e. The zero-order chi connectivity index (χ0) is 27.6. The highest BCUT2D eigenvalue weighted by atomic mass is 19.2. The number of halogens is 3. The Balaban J connectivity index is 1.83. The molecule has 1 fully saturated rings. The summed E-state index contributed by atoms with van der Waals surface area (Å²) in [7, 11) is 0. The van der Waals surface area contributed by atoms with Gasteiger partial charge in [-0.15, -0.1) is 5.10 Å². The van der Waals surface area contributed by atoms with Gasteiger partial charge >= 0.3 is 17.9 Å². The van der Waals surface area contributed by atoms with Gasteiger partial charge in [-0.25, -0.2) is 17.9 Å². The zero-order valence-corrected chi connectivity index (χ0v) is 20.2. The van der Waals surface area contributed by atoms with Crippen molar-refractivity contribution >= 4 is 17.9 Å². The monoisotopic (exact) mass is 538 g/mol. The van der Waals surface area contributed by atoms with Crippen molar-refractivity contribution in [1.29, 1.82) is 0 Å². The number of carbonyl (C=O) groups is 3. The molecule has 1 saturated heterocycles. The normalized spacial score (nSPS) is 23.1. The van der Waals surface area contributed by atoms with Crippen LogP contribution in [0.1, 0.15) is 38.7 Å². The minimum absolute atomic E-state index is 0.0785. The molecule has 0 saturated carbocycles. The topological polar surface area (TPSA) is 145 Å². The summed E-state index contributed by atoms with van der Waals surface area (Å²) in [6.07, 6.45) is -2.25. The van der Waals surface area contributed by atoms with E-state index >= 15 is 0 Å². The van der Waals surface area contributed by atoms with Crippen molar-refractivity contribution in [1.82, 2.24) is 20.2 Å². The zero-order valence-electron chi connectivity index (χ0n) is 20.2. The van der Waals surface area contributed by atoms with Gasteiger partial charge in [-0.1, -0.05) is 10.4 Å². The Morgan fingerprint density at radius 3 is 2.24 bits per heavy atom. The van der Waals surface area contributed by atoms with Crippen LogP contribution in [0.3, 0.4) is 0 Å². The number of rotatable bonds is 7. The average Bonchev–Trinajstić information content (AvgIpc) is 3.54. The van der Waals surface area contributed by atoms with E-state index in [1.165, 1.54) is 25.4 Å². The predicted molar refractivity (Wildman–Crippen MR) is 116 cm³/mol. The van der Waals surface area contributed by atoms with Gasteiger partial charge in [0.25, 0.3) is 0 Å². The van der Waals surface area contributed by atoms with Crippen molar-refractivity contribution in [3.8, 4) is 11.3 Å². The Hall–Kier alpha value is -4.27. The SMILES string of the molecule is CC(=O)OC[C@H]1O[C@@H](c2ccno2)[C@H](OC(C)=O)[C@@H](n2cc(-c3cc(F)c(F)c(F)c3)nn2)[C@H]1OC(C)=O. The maximum atomic E-state index is 13.8. The fraction of sp³-hybridized carbons (Fsp3) is 0.391. The van der Waals surface area contributed by atoms with Gasteiger partial charge in [0.05, 0.1) is 12.4 Å². The lowest BCUT2D eigenvalue weighted by Crippen LogP contribution is -2.55. The fourth-order valence-corrected chi connectivity index (χ4v) is 4.08. The number of nitrogens with zero attached hydrogens (tertiary/aromatic N) is 4. The van der Waals surface area contributed by atoms with E-state index in [0.717, 1.165) is 30.7 Å². The molecule has 12 nitrogen and oxygen atoms in total. The first kappa shape index (κ1) is 26.8. The van der Waals surface area contributed by atoms with Crippen LogP contribution in [0, 0.1) is 17.5 Å². The Labute approximate surface area is 212 Å². The van der Waals surface area contributed by atoms with E-state index < -0.39 is 65.8 Å². The van der Waals surface area contributed by atoms with Gasteiger partial charge in [0.15, 0.2) is 41.5 Å². The molecule has 0 N–H and O–H groups in total. The van der Waals surface area contributed by atoms with E-state index in [4.69, 9.17) is 23.5 Å². The second-order valence-electron chi connectivity index (χ2n) is 8.29. The lowest BCUT2D eigenvalue weighted by Gasteiger charge is -2.44. The predicted octanol–water partition coefficient (Wildman–Crippen LogP) is 2.46. The third-order valence-electron chi connectivity index (χ3n) is 5.55. The summed E-state index contributed by atoms with van der Waals surface area (Å²) < 4.78 is 69.7. The largest absolute Gasteiger partial charge is 0.463 e. The number of hydrogen-bond acceptors (Lipinski definition) is 11. The minimum atomic E-state index is -1.65. The molecular formula is C23H21F3N4O8. The number of carbonyl (C=O) groups excluding carboxylic acids is 3. The molecule has 15 heteroatoms. The molecule has 2 aromatic heterocycles. The summed E-state index contributed by atoms with van der Waals surface area (Å²) in [6.45, 7) is 3.05. The Bertz CT molecular complexity index is 1310. The molecule has 0 aliphatic carbocycles. The molecule has 0 amide bonds. The highest BCUT2D eigenvalue weighted by Crippen LogP contribution is 2.42. The Kier molecular flexibility index (Phi) is 7.75. The van der Waals surface area contributed by atoms with Gasteiger partial charge in [0.2, 0.25) is 0 Å². The molecule has 1 aliphatic rings. The van der Waals surface area contributed by atoms with Gasteiger partial charge in [-0.2, -0.15) is 0 Å². The lowest BCUT2D eigenvalue weighted by molar-refractivity contribution is -0.234. The molecule has 5 atom stereocenters. The molecule has 1 aromatic carbocycles. The van der Waals surface area contributed by atoms with Gasteiger partial charge in [0, 0.05) is 32.4 Å². The minimum Gasteiger partial charge on any atom is -0.463 e. The van der Waals surface area contributed by atoms with Crippen molar-refractivity contribution in [2.75, 3.05) is 6.61 Å². The van der Waals surface area contributed by atoms with Crippen LogP contribution in [0.25, 0.3) is 11.3 Å². The average molecular weight is 538 g/mol. The number of benzene rings is 1. The molecule has 38 heavy (non-hydrogen) atoms. The van der Waals surface area contributed by atoms with Crippen LogP contribution in [0.4, 0.5) is 13.2 Å². The molecule has 0 radical (unpaired) electrons. The first-order chi connectivity index (χ1) is 18.0. The maximum absolute atomic E-state index is 13.8. The highest BCUT2D eigenvalue weighted by molar-refractivity contribution is 5.67. The van der Waals surface area contributed by atoms with Crippen LogP contribution in [-0.4, -0.2) is 63.0 Å². The van der Waals surface area contributed by atoms with Gasteiger partial charge in [-0.3, -0.25) is 14.4 Å². The smallest absolute Gasteiger partial charge is 0.303 e. The fourth-order valence-electron chi connectivity index (χ4n) is 4.08. The summed E-state index contributed by atoms with van der Waals surface area (Å²) in [5, 5.41) is 11.5. The summed E-state index contributed by atoms with van der Waals surface area (Å²) >= 11 is 0. The van der Waals surface area contributed by atoms with E-state index in [0.29, 0.717) is 0 Å². The standard InChI is InChI=1S/C23H21F3N4O8/c1-10(31)34-9-18-21(35-11(2)32)20(23(36-12(3)33)22(37-18)17-4-5-27-38-17)30-8-16(28-29-30)13-6-14(24)19(26)15(25)7-13/h4-8,18,20-23H,9H2,1-3H3/t18-,20+,21+,22+,23-/m1/s1. The summed E-state index contributed by atoms with van der Waals surface area (Å²) in [4.78, 5) is 35.7. The van der Waals surface area contributed by atoms with E-state index in [1.54, 1.807) is 0 Å². The van der Waals surface area contributed by atoms with E-state index in [1.807, 2.05) is 0 Å². The molecule has 0 spiro atoms. The van der Waals surface area contributed by atoms with Crippen molar-refractivity contribution in [2.45, 2.75) is 51.2 Å². The van der Waals surface area contributed by atoms with Crippen molar-refractivity contribution in [3.05, 3.63) is 53.8 Å². The Morgan fingerprint density at radius 1 is 1.00 bits per heavy atom. The number of hydrogen-bond donors (Lipinski definition) is 0. The van der Waals surface area contributed by atoms with Crippen LogP contribution in [0.2, 0.25) is 0 Å². The molecule has 4 rings (SSSR count). The molecule has 202 valence electrons. The van der Waals surface area contributed by atoms with Gasteiger partial charge in [-0.05, 0) is 12.1 Å². The van der Waals surface area contributed by atoms with Gasteiger partial charge in [0.1, 0.15) is 24.4 Å². The van der Waals surface area contributed by atoms with Crippen molar-refractivity contribution in [2.24, 2.45) is 0 Å². The first-order valence-corrected chi connectivity index (χ1v) is 11.2. The van der Waals surface area contributed by atoms with Crippen LogP contribution in [0.5, 0.6) is 0 Å². The van der Waals surface area contributed by atoms with Gasteiger partial charge < -0.3 is 23.5 Å². The highest BCUT2D eigenvalue weighted by Gasteiger charge is 2.53. The van der Waals surface area contributed by atoms with Crippen LogP contribution in [-0.2, 0) is 33.3 Å². The molecule has 1 aliphatic heterocycles. The lowest BCUT2D eigenvalue weighted by atomic mass is 9.91. The van der Waals surface area contributed by atoms with Crippen LogP contribution in [0.15, 0.2) is 35.1 Å². The van der Waals surface area contributed by atoms with E-state index in [2.05, 4.69) is 15.5 Å². The second kappa shape index (κ2) is 11.0. The number of esters is 3. The van der Waals surface area contributed by atoms with Crippen molar-refractivity contribution < 1.29 is 51.0 Å². The van der Waals surface area contributed by atoms with Crippen LogP contribution < -0.4 is 0 Å². The summed E-state index contributed by atoms with van der Waals surface area (Å²) in [5.74, 6) is -6.55. The molecule has 0 unspecified atom stereocenters. The van der Waals surface area contributed by atoms with E-state index in [-0.39, 0.29) is 23.6 Å². The number of ether oxygens (including phenoxy) is 4. The first-order valence-electron chi connectivity index (χ1n) is 11.2. The molecule has 3 aromatic rings. The second-order valence-corrected chi connectivity index (χ2v) is 8.29. The molecule has 3 heterocycles. The third-order valence-corrected chi connectivity index (χ3v) is 5.55. The number of aromatic nitrogens is 4. The van der Waals surface area contributed by atoms with Crippen molar-refractivity contribution in [3.63, 3.8) is 0 Å². The molecule has 0 bridgehead atoms. The quantitative estimate of drug-likeness (QED) is 0.248. The van der Waals surface area contributed by atoms with E-state index in [9.17, 15) is 27.6 Å². The van der Waals surface area contributed by atoms with Crippen LogP contribution >= 0.6 is 0 Å². The Morgan fingerprint density at radius 2 is 1.66 bits per heavy atom. The summed E-state index contributed by atoms with van der Waals surface area (Å²) in [6, 6.07) is 1.73. The third kappa shape index (κ3) is 5.66. The summed E-state index contributed by atoms with van der Waals surface area (Å²) in [5.41, 5.74) is -0.221. The molecular weight excluding hydrogens is 517 g/mol.